The maximum absolute atomic E-state index is 12.8. The Kier molecular flexibility index (Phi) is 5.20. The summed E-state index contributed by atoms with van der Waals surface area (Å²) in [5, 5.41) is 2.96. The van der Waals surface area contributed by atoms with E-state index in [1.165, 1.54) is 24.3 Å². The monoisotopic (exact) mass is 330 g/mol. The molecule has 0 bridgehead atoms. The molecule has 1 aliphatic rings. The number of hydrogen-bond acceptors (Lipinski definition) is 5. The van der Waals surface area contributed by atoms with Crippen molar-refractivity contribution in [2.45, 2.75) is 18.9 Å². The fraction of sp³-hybridized carbons (Fsp3) is 0.353. The van der Waals surface area contributed by atoms with E-state index >= 15 is 0 Å². The molecular formula is C17H19FN4O2. The van der Waals surface area contributed by atoms with E-state index in [4.69, 9.17) is 4.74 Å². The van der Waals surface area contributed by atoms with E-state index in [1.54, 1.807) is 18.5 Å². The molecule has 1 aromatic heterocycles. The predicted molar refractivity (Wildman–Crippen MR) is 87.3 cm³/mol. The van der Waals surface area contributed by atoms with Gasteiger partial charge in [-0.1, -0.05) is 0 Å². The molecule has 1 N–H and O–H groups in total. The summed E-state index contributed by atoms with van der Waals surface area (Å²) in [5.74, 6) is 0.617. The fourth-order valence-corrected chi connectivity index (χ4v) is 2.68. The van der Waals surface area contributed by atoms with Crippen LogP contribution in [0.4, 0.5) is 10.3 Å². The summed E-state index contributed by atoms with van der Waals surface area (Å²) in [5.41, 5.74) is 0. The molecule has 3 rings (SSSR count). The van der Waals surface area contributed by atoms with Gasteiger partial charge in [0.05, 0.1) is 0 Å². The van der Waals surface area contributed by atoms with Crippen LogP contribution in [0.3, 0.4) is 0 Å². The zero-order chi connectivity index (χ0) is 16.8. The maximum Gasteiger partial charge on any atom is 0.258 e. The number of halogens is 1. The number of aromatic nitrogens is 2. The van der Waals surface area contributed by atoms with Crippen LogP contribution in [0.1, 0.15) is 12.8 Å². The lowest BCUT2D eigenvalue weighted by Gasteiger charge is -2.33. The largest absolute Gasteiger partial charge is 0.484 e. The Hall–Kier alpha value is -2.70. The van der Waals surface area contributed by atoms with Crippen LogP contribution < -0.4 is 15.0 Å². The molecular weight excluding hydrogens is 311 g/mol. The van der Waals surface area contributed by atoms with Crippen LogP contribution in [0.2, 0.25) is 0 Å². The average molecular weight is 330 g/mol. The molecule has 2 aromatic rings. The van der Waals surface area contributed by atoms with Crippen molar-refractivity contribution in [3.05, 3.63) is 48.5 Å². The molecule has 2 heterocycles. The van der Waals surface area contributed by atoms with Crippen LogP contribution in [0, 0.1) is 5.82 Å². The van der Waals surface area contributed by atoms with Crippen LogP contribution >= 0.6 is 0 Å². The minimum atomic E-state index is -0.336. The van der Waals surface area contributed by atoms with Crippen LogP contribution in [0.15, 0.2) is 42.7 Å². The summed E-state index contributed by atoms with van der Waals surface area (Å²) in [6.07, 6.45) is 5.29. The first-order chi connectivity index (χ1) is 11.7. The molecule has 1 aliphatic heterocycles. The van der Waals surface area contributed by atoms with Crippen molar-refractivity contribution in [1.29, 1.82) is 0 Å². The second-order valence-electron chi connectivity index (χ2n) is 5.64. The number of rotatable bonds is 5. The number of nitrogens with zero attached hydrogens (tertiary/aromatic N) is 3. The van der Waals surface area contributed by atoms with Gasteiger partial charge in [-0.15, -0.1) is 0 Å². The normalized spacial score (nSPS) is 17.4. The fourth-order valence-electron chi connectivity index (χ4n) is 2.68. The molecule has 1 fully saturated rings. The molecule has 1 amide bonds. The van der Waals surface area contributed by atoms with E-state index in [9.17, 15) is 9.18 Å². The average Bonchev–Trinajstić information content (AvgIpc) is 2.62. The topological polar surface area (TPSA) is 67.3 Å². The van der Waals surface area contributed by atoms with Gasteiger partial charge in [0.2, 0.25) is 5.95 Å². The molecule has 24 heavy (non-hydrogen) atoms. The summed E-state index contributed by atoms with van der Waals surface area (Å²) in [4.78, 5) is 22.6. The molecule has 0 spiro atoms. The number of piperidine rings is 1. The lowest BCUT2D eigenvalue weighted by molar-refractivity contribution is -0.123. The Morgan fingerprint density at radius 3 is 2.79 bits per heavy atom. The summed E-state index contributed by atoms with van der Waals surface area (Å²) in [6.45, 7) is 1.46. The van der Waals surface area contributed by atoms with E-state index in [1.807, 2.05) is 0 Å². The van der Waals surface area contributed by atoms with E-state index < -0.39 is 0 Å². The van der Waals surface area contributed by atoms with Gasteiger partial charge in [0.25, 0.3) is 5.91 Å². The van der Waals surface area contributed by atoms with Gasteiger partial charge >= 0.3 is 0 Å². The maximum atomic E-state index is 12.8. The number of benzene rings is 1. The Bertz CT molecular complexity index is 666. The van der Waals surface area contributed by atoms with Crippen LogP contribution in [0.25, 0.3) is 0 Å². The second kappa shape index (κ2) is 7.72. The number of nitrogens with one attached hydrogen (secondary N) is 1. The van der Waals surface area contributed by atoms with E-state index in [0.717, 1.165) is 19.4 Å². The van der Waals surface area contributed by atoms with E-state index in [2.05, 4.69) is 20.2 Å². The molecule has 6 nitrogen and oxygen atoms in total. The molecule has 1 saturated heterocycles. The second-order valence-corrected chi connectivity index (χ2v) is 5.64. The summed E-state index contributed by atoms with van der Waals surface area (Å²) < 4.78 is 18.2. The lowest BCUT2D eigenvalue weighted by atomic mass is 10.1. The highest BCUT2D eigenvalue weighted by molar-refractivity contribution is 5.78. The van der Waals surface area contributed by atoms with Gasteiger partial charge in [-0.3, -0.25) is 4.79 Å². The number of amides is 1. The third-order valence-electron chi connectivity index (χ3n) is 3.81. The molecule has 0 unspecified atom stereocenters. The minimum Gasteiger partial charge on any atom is -0.484 e. The van der Waals surface area contributed by atoms with Gasteiger partial charge in [0, 0.05) is 31.5 Å². The first kappa shape index (κ1) is 16.2. The highest BCUT2D eigenvalue weighted by Crippen LogP contribution is 2.15. The highest BCUT2D eigenvalue weighted by Gasteiger charge is 2.23. The Balaban J connectivity index is 1.48. The lowest BCUT2D eigenvalue weighted by Crippen LogP contribution is -2.49. The summed E-state index contributed by atoms with van der Waals surface area (Å²) >= 11 is 0. The summed E-state index contributed by atoms with van der Waals surface area (Å²) in [7, 11) is 0. The quantitative estimate of drug-likeness (QED) is 0.905. The summed E-state index contributed by atoms with van der Waals surface area (Å²) in [6, 6.07) is 7.40. The number of ether oxygens (including phenoxy) is 1. The SMILES string of the molecule is O=C(COc1ccc(F)cc1)N[C@@H]1CCCN(c2ncccn2)C1. The predicted octanol–water partition coefficient (Wildman–Crippen LogP) is 1.78. The first-order valence-electron chi connectivity index (χ1n) is 7.90. The molecule has 126 valence electrons. The molecule has 0 radical (unpaired) electrons. The molecule has 0 aliphatic carbocycles. The minimum absolute atomic E-state index is 0.0341. The van der Waals surface area contributed by atoms with E-state index in [-0.39, 0.29) is 24.4 Å². The van der Waals surface area contributed by atoms with Crippen LogP contribution in [0.5, 0.6) is 5.75 Å². The first-order valence-corrected chi connectivity index (χ1v) is 7.90. The standard InChI is InChI=1S/C17H19FN4O2/c18-13-4-6-15(7-5-13)24-12-16(23)21-14-3-1-10-22(11-14)17-19-8-2-9-20-17/h2,4-9,14H,1,3,10-12H2,(H,21,23)/t14-/m1/s1. The smallest absolute Gasteiger partial charge is 0.258 e. The van der Waals surface area contributed by atoms with Gasteiger partial charge < -0.3 is 15.0 Å². The molecule has 1 atom stereocenters. The highest BCUT2D eigenvalue weighted by atomic mass is 19.1. The van der Waals surface area contributed by atoms with Crippen molar-refractivity contribution in [3.63, 3.8) is 0 Å². The molecule has 1 aromatic carbocycles. The van der Waals surface area contributed by atoms with Crippen molar-refractivity contribution in [2.24, 2.45) is 0 Å². The van der Waals surface area contributed by atoms with Crippen LogP contribution in [-0.4, -0.2) is 41.6 Å². The third kappa shape index (κ3) is 4.41. The van der Waals surface area contributed by atoms with Gasteiger partial charge in [-0.05, 0) is 43.2 Å². The zero-order valence-electron chi connectivity index (χ0n) is 13.2. The van der Waals surface area contributed by atoms with Gasteiger partial charge in [0.15, 0.2) is 6.61 Å². The number of hydrogen-bond donors (Lipinski definition) is 1. The van der Waals surface area contributed by atoms with Crippen molar-refractivity contribution >= 4 is 11.9 Å². The molecule has 7 heteroatoms. The Morgan fingerprint density at radius 2 is 2.04 bits per heavy atom. The Morgan fingerprint density at radius 1 is 1.29 bits per heavy atom. The van der Waals surface area contributed by atoms with E-state index in [0.29, 0.717) is 18.2 Å². The van der Waals surface area contributed by atoms with Gasteiger partial charge in [-0.25, -0.2) is 14.4 Å². The molecule has 0 saturated carbocycles. The van der Waals surface area contributed by atoms with Crippen molar-refractivity contribution in [1.82, 2.24) is 15.3 Å². The van der Waals surface area contributed by atoms with Crippen LogP contribution in [-0.2, 0) is 4.79 Å². The van der Waals surface area contributed by atoms with Crippen molar-refractivity contribution in [2.75, 3.05) is 24.6 Å². The van der Waals surface area contributed by atoms with Crippen molar-refractivity contribution < 1.29 is 13.9 Å². The zero-order valence-corrected chi connectivity index (χ0v) is 13.2. The van der Waals surface area contributed by atoms with Gasteiger partial charge in [-0.2, -0.15) is 0 Å². The third-order valence-corrected chi connectivity index (χ3v) is 3.81. The number of anilines is 1. The number of carbonyl (C=O) groups excluding carboxylic acids is 1. The van der Waals surface area contributed by atoms with Gasteiger partial charge in [0.1, 0.15) is 11.6 Å². The Labute approximate surface area is 139 Å². The number of carbonyl (C=O) groups is 1. The van der Waals surface area contributed by atoms with Crippen molar-refractivity contribution in [3.8, 4) is 5.75 Å².